The second-order valence-corrected chi connectivity index (χ2v) is 6.66. The van der Waals surface area contributed by atoms with E-state index in [1.807, 2.05) is 35.8 Å². The number of ketones is 1. The molecule has 0 atom stereocenters. The molecule has 0 spiro atoms. The van der Waals surface area contributed by atoms with Gasteiger partial charge in [0.1, 0.15) is 5.52 Å². The topological polar surface area (TPSA) is 72.2 Å². The molecule has 0 unspecified atom stereocenters. The normalized spacial score (nSPS) is 14.6. The number of carbonyl (C=O) groups excluding carboxylic acids is 1. The van der Waals surface area contributed by atoms with Crippen LogP contribution in [0, 0.1) is 0 Å². The number of nitrogens with zero attached hydrogens (tertiary/aromatic N) is 4. The Balaban J connectivity index is 1.73. The number of fused-ring (bicyclic) bond motifs is 1. The van der Waals surface area contributed by atoms with Crippen LogP contribution in [0.4, 0.5) is 5.95 Å². The van der Waals surface area contributed by atoms with Crippen LogP contribution in [0.3, 0.4) is 0 Å². The Morgan fingerprint density at radius 1 is 1.15 bits per heavy atom. The van der Waals surface area contributed by atoms with E-state index in [0.29, 0.717) is 23.1 Å². The molecule has 3 heterocycles. The molecule has 1 N–H and O–H groups in total. The van der Waals surface area contributed by atoms with Gasteiger partial charge in [-0.15, -0.1) is 0 Å². The van der Waals surface area contributed by atoms with Crippen molar-refractivity contribution in [2.75, 3.05) is 31.1 Å². The number of hydrogen-bond acceptors (Lipinski definition) is 5. The van der Waals surface area contributed by atoms with Crippen molar-refractivity contribution >= 4 is 22.8 Å². The van der Waals surface area contributed by atoms with Gasteiger partial charge in [-0.1, -0.05) is 30.3 Å². The van der Waals surface area contributed by atoms with Crippen LogP contribution >= 0.6 is 0 Å². The monoisotopic (exact) mass is 365 g/mol. The van der Waals surface area contributed by atoms with Crippen molar-refractivity contribution < 1.29 is 4.79 Å². The molecule has 1 aliphatic rings. The van der Waals surface area contributed by atoms with E-state index in [1.54, 1.807) is 18.3 Å². The summed E-state index contributed by atoms with van der Waals surface area (Å²) in [6.45, 7) is 6.23. The Morgan fingerprint density at radius 2 is 1.89 bits per heavy atom. The van der Waals surface area contributed by atoms with Gasteiger partial charge in [0, 0.05) is 44.5 Å². The van der Waals surface area contributed by atoms with Gasteiger partial charge in [0.2, 0.25) is 5.95 Å². The predicted octanol–water partition coefficient (Wildman–Crippen LogP) is 1.51. The number of aromatic nitrogens is 3. The quantitative estimate of drug-likeness (QED) is 0.694. The molecule has 1 aliphatic heterocycles. The summed E-state index contributed by atoms with van der Waals surface area (Å²) in [6.07, 6.45) is 1.67. The molecule has 7 nitrogen and oxygen atoms in total. The number of rotatable bonds is 5. The van der Waals surface area contributed by atoms with Crippen molar-refractivity contribution in [3.8, 4) is 0 Å². The highest BCUT2D eigenvalue weighted by molar-refractivity contribution is 5.96. The summed E-state index contributed by atoms with van der Waals surface area (Å²) >= 11 is 0. The van der Waals surface area contributed by atoms with E-state index in [2.05, 4.69) is 10.2 Å². The summed E-state index contributed by atoms with van der Waals surface area (Å²) in [5, 5.41) is 3.33. The average Bonchev–Trinajstić information content (AvgIpc) is 3.11. The molecule has 140 valence electrons. The van der Waals surface area contributed by atoms with Gasteiger partial charge >= 0.3 is 0 Å². The first-order valence-electron chi connectivity index (χ1n) is 9.32. The van der Waals surface area contributed by atoms with Crippen LogP contribution in [-0.2, 0) is 13.1 Å². The lowest BCUT2D eigenvalue weighted by molar-refractivity contribution is 0.0971. The molecule has 3 aromatic rings. The summed E-state index contributed by atoms with van der Waals surface area (Å²) in [6, 6.07) is 10.9. The minimum Gasteiger partial charge on any atom is -0.340 e. The van der Waals surface area contributed by atoms with Gasteiger partial charge < -0.3 is 19.4 Å². The molecule has 27 heavy (non-hydrogen) atoms. The number of anilines is 1. The van der Waals surface area contributed by atoms with Crippen LogP contribution in [0.5, 0.6) is 0 Å². The Kier molecular flexibility index (Phi) is 4.77. The number of Topliss-reactive ketones (excluding diaryl/α,β-unsaturated/α-hetero) is 1. The second-order valence-electron chi connectivity index (χ2n) is 6.66. The molecule has 1 saturated heterocycles. The number of carbonyl (C=O) groups is 1. The zero-order valence-corrected chi connectivity index (χ0v) is 15.4. The Morgan fingerprint density at radius 3 is 2.59 bits per heavy atom. The summed E-state index contributed by atoms with van der Waals surface area (Å²) in [5.74, 6) is 0.750. The van der Waals surface area contributed by atoms with Crippen molar-refractivity contribution in [2.24, 2.45) is 0 Å². The van der Waals surface area contributed by atoms with Crippen molar-refractivity contribution in [2.45, 2.75) is 20.0 Å². The van der Waals surface area contributed by atoms with Crippen LogP contribution in [0.25, 0.3) is 11.0 Å². The van der Waals surface area contributed by atoms with Crippen molar-refractivity contribution in [1.29, 1.82) is 0 Å². The van der Waals surface area contributed by atoms with Gasteiger partial charge in [-0.2, -0.15) is 0 Å². The number of nitrogens with one attached hydrogen (secondary N) is 1. The van der Waals surface area contributed by atoms with Crippen LogP contribution in [0.15, 0.2) is 47.4 Å². The van der Waals surface area contributed by atoms with E-state index in [4.69, 9.17) is 4.98 Å². The molecule has 1 fully saturated rings. The van der Waals surface area contributed by atoms with E-state index < -0.39 is 0 Å². The zero-order valence-electron chi connectivity index (χ0n) is 15.4. The molecular weight excluding hydrogens is 342 g/mol. The van der Waals surface area contributed by atoms with Crippen molar-refractivity contribution in [1.82, 2.24) is 19.4 Å². The molecule has 0 bridgehead atoms. The molecular formula is C20H23N5O2. The van der Waals surface area contributed by atoms with Gasteiger partial charge in [-0.3, -0.25) is 9.59 Å². The van der Waals surface area contributed by atoms with Gasteiger partial charge in [0.05, 0.1) is 12.1 Å². The lowest BCUT2D eigenvalue weighted by Crippen LogP contribution is -2.44. The summed E-state index contributed by atoms with van der Waals surface area (Å²) in [5.41, 5.74) is 1.68. The number of benzene rings is 1. The summed E-state index contributed by atoms with van der Waals surface area (Å²) in [7, 11) is 0. The van der Waals surface area contributed by atoms with Gasteiger partial charge in [-0.05, 0) is 13.0 Å². The molecule has 4 rings (SSSR count). The maximum Gasteiger partial charge on any atom is 0.277 e. The van der Waals surface area contributed by atoms with E-state index in [1.165, 1.54) is 4.57 Å². The van der Waals surface area contributed by atoms with Gasteiger partial charge in [0.15, 0.2) is 5.78 Å². The largest absolute Gasteiger partial charge is 0.340 e. The lowest BCUT2D eigenvalue weighted by atomic mass is 10.1. The number of hydrogen-bond donors (Lipinski definition) is 1. The van der Waals surface area contributed by atoms with E-state index in [9.17, 15) is 9.59 Å². The molecule has 0 saturated carbocycles. The highest BCUT2D eigenvalue weighted by Gasteiger charge is 2.21. The fourth-order valence-corrected chi connectivity index (χ4v) is 3.57. The third-order valence-electron chi connectivity index (χ3n) is 4.98. The summed E-state index contributed by atoms with van der Waals surface area (Å²) in [4.78, 5) is 32.5. The minimum atomic E-state index is -0.174. The third kappa shape index (κ3) is 3.26. The minimum absolute atomic E-state index is 0.0245. The van der Waals surface area contributed by atoms with Crippen LogP contribution in [0.1, 0.15) is 17.3 Å². The van der Waals surface area contributed by atoms with E-state index >= 15 is 0 Å². The molecule has 1 aromatic carbocycles. The smallest absolute Gasteiger partial charge is 0.277 e. The average molecular weight is 365 g/mol. The number of piperazine rings is 1. The van der Waals surface area contributed by atoms with E-state index in [-0.39, 0.29) is 17.9 Å². The fraction of sp³-hybridized carbons (Fsp3) is 0.350. The second kappa shape index (κ2) is 7.36. The Hall–Kier alpha value is -2.93. The first kappa shape index (κ1) is 17.5. The van der Waals surface area contributed by atoms with Gasteiger partial charge in [0.25, 0.3) is 5.56 Å². The predicted molar refractivity (Wildman–Crippen MR) is 106 cm³/mol. The Labute approximate surface area is 157 Å². The first-order valence-corrected chi connectivity index (χ1v) is 9.32. The molecule has 0 radical (unpaired) electrons. The number of pyridine rings is 1. The standard InChI is InChI=1S/C20H23N5O2/c1-2-25-18-16(22-20(25)23-12-9-21-10-13-23)8-11-24(19(18)27)14-17(26)15-6-4-3-5-7-15/h3-8,11,21H,2,9-10,12-14H2,1H3. The zero-order chi connectivity index (χ0) is 18.8. The highest BCUT2D eigenvalue weighted by Crippen LogP contribution is 2.20. The van der Waals surface area contributed by atoms with Crippen molar-refractivity contribution in [3.63, 3.8) is 0 Å². The maximum atomic E-state index is 13.1. The maximum absolute atomic E-state index is 13.1. The van der Waals surface area contributed by atoms with E-state index in [0.717, 1.165) is 32.1 Å². The summed E-state index contributed by atoms with van der Waals surface area (Å²) < 4.78 is 3.44. The Bertz CT molecular complexity index is 1020. The first-order chi connectivity index (χ1) is 13.2. The SMILES string of the molecule is CCn1c(N2CCNCC2)nc2ccn(CC(=O)c3ccccc3)c(=O)c21. The fourth-order valence-electron chi connectivity index (χ4n) is 3.57. The molecule has 7 heteroatoms. The molecule has 0 amide bonds. The molecule has 0 aliphatic carbocycles. The van der Waals surface area contributed by atoms with Crippen LogP contribution in [-0.4, -0.2) is 46.1 Å². The van der Waals surface area contributed by atoms with Crippen molar-refractivity contribution in [3.05, 3.63) is 58.5 Å². The van der Waals surface area contributed by atoms with Gasteiger partial charge in [-0.25, -0.2) is 4.98 Å². The molecule has 2 aromatic heterocycles. The highest BCUT2D eigenvalue weighted by atomic mass is 16.1. The third-order valence-corrected chi connectivity index (χ3v) is 4.98. The van der Waals surface area contributed by atoms with Crippen LogP contribution < -0.4 is 15.8 Å². The lowest BCUT2D eigenvalue weighted by Gasteiger charge is -2.28. The van der Waals surface area contributed by atoms with Crippen LogP contribution in [0.2, 0.25) is 0 Å². The number of imidazole rings is 1. The number of aryl methyl sites for hydroxylation is 1.